The van der Waals surface area contributed by atoms with Crippen molar-refractivity contribution in [3.63, 3.8) is 0 Å². The molecule has 21 heavy (non-hydrogen) atoms. The molecule has 1 aliphatic rings. The summed E-state index contributed by atoms with van der Waals surface area (Å²) < 4.78 is 11.3. The molecule has 0 bridgehead atoms. The lowest BCUT2D eigenvalue weighted by Gasteiger charge is -2.14. The first kappa shape index (κ1) is 18.3. The van der Waals surface area contributed by atoms with Crippen LogP contribution in [0.2, 0.25) is 5.02 Å². The van der Waals surface area contributed by atoms with Crippen LogP contribution in [0.4, 0.5) is 0 Å². The number of hydrogen-bond donors (Lipinski definition) is 1. The number of ether oxygens (including phenoxy) is 2. The van der Waals surface area contributed by atoms with Crippen molar-refractivity contribution in [2.24, 2.45) is 0 Å². The number of carbonyl (C=O) groups is 1. The Labute approximate surface area is 139 Å². The number of methoxy groups -OCH3 is 1. The highest BCUT2D eigenvalue weighted by molar-refractivity contribution is 9.10. The van der Waals surface area contributed by atoms with Crippen molar-refractivity contribution in [2.75, 3.05) is 13.7 Å². The SMILES string of the molecule is COC(C)(C)C.O=CNCc1cc(Cl)c2c(c1Br)CCO2. The van der Waals surface area contributed by atoms with Crippen LogP contribution in [0.25, 0.3) is 0 Å². The summed E-state index contributed by atoms with van der Waals surface area (Å²) in [7, 11) is 1.71. The van der Waals surface area contributed by atoms with Crippen LogP contribution in [-0.2, 0) is 22.5 Å². The van der Waals surface area contributed by atoms with E-state index in [-0.39, 0.29) is 5.60 Å². The highest BCUT2D eigenvalue weighted by atomic mass is 79.9. The molecule has 0 atom stereocenters. The first-order chi connectivity index (χ1) is 9.80. The van der Waals surface area contributed by atoms with Crippen LogP contribution in [0, 0.1) is 0 Å². The predicted octanol–water partition coefficient (Wildman–Crippen LogP) is 3.71. The average molecular weight is 379 g/mol. The number of halogens is 2. The third-order valence-corrected chi connectivity index (χ3v) is 4.19. The van der Waals surface area contributed by atoms with E-state index in [4.69, 9.17) is 21.1 Å². The van der Waals surface area contributed by atoms with Gasteiger partial charge in [-0.25, -0.2) is 0 Å². The third kappa shape index (κ3) is 5.49. The molecule has 1 heterocycles. The van der Waals surface area contributed by atoms with Crippen molar-refractivity contribution in [1.82, 2.24) is 5.32 Å². The molecule has 1 aliphatic heterocycles. The summed E-state index contributed by atoms with van der Waals surface area (Å²) in [6, 6.07) is 1.81. The van der Waals surface area contributed by atoms with Gasteiger partial charge < -0.3 is 14.8 Å². The fourth-order valence-electron chi connectivity index (χ4n) is 1.63. The maximum Gasteiger partial charge on any atom is 0.207 e. The molecule has 0 saturated heterocycles. The molecule has 1 amide bonds. The Kier molecular flexibility index (Phi) is 6.97. The summed E-state index contributed by atoms with van der Waals surface area (Å²) in [4.78, 5) is 10.2. The molecule has 0 aromatic heterocycles. The van der Waals surface area contributed by atoms with Gasteiger partial charge >= 0.3 is 0 Å². The Morgan fingerprint density at radius 3 is 2.67 bits per heavy atom. The molecule has 2 rings (SSSR count). The number of benzene rings is 1. The van der Waals surface area contributed by atoms with Crippen LogP contribution in [0.5, 0.6) is 5.75 Å². The Bertz CT molecular complexity index is 501. The molecule has 0 saturated carbocycles. The monoisotopic (exact) mass is 377 g/mol. The normalized spacial score (nSPS) is 12.9. The van der Waals surface area contributed by atoms with Gasteiger partial charge in [0.05, 0.1) is 17.2 Å². The highest BCUT2D eigenvalue weighted by Gasteiger charge is 2.21. The average Bonchev–Trinajstić information content (AvgIpc) is 2.91. The molecule has 0 fully saturated rings. The zero-order valence-corrected chi connectivity index (χ0v) is 15.1. The van der Waals surface area contributed by atoms with Gasteiger partial charge in [0.2, 0.25) is 6.41 Å². The Morgan fingerprint density at radius 1 is 1.52 bits per heavy atom. The van der Waals surface area contributed by atoms with E-state index in [9.17, 15) is 4.79 Å². The van der Waals surface area contributed by atoms with Crippen molar-refractivity contribution < 1.29 is 14.3 Å². The van der Waals surface area contributed by atoms with Crippen LogP contribution in [0.1, 0.15) is 31.9 Å². The molecule has 118 valence electrons. The standard InChI is InChI=1S/C10H9BrClNO2.C5H12O/c11-9-6(4-13-5-14)3-8(12)10-7(9)1-2-15-10;1-5(2,3)6-4/h3,5H,1-2,4H2,(H,13,14);1-4H3. The van der Waals surface area contributed by atoms with Crippen molar-refractivity contribution >= 4 is 33.9 Å². The van der Waals surface area contributed by atoms with Gasteiger partial charge in [-0.3, -0.25) is 4.79 Å². The highest BCUT2D eigenvalue weighted by Crippen LogP contribution is 2.40. The van der Waals surface area contributed by atoms with Crippen LogP contribution in [0.3, 0.4) is 0 Å². The summed E-state index contributed by atoms with van der Waals surface area (Å²) in [5.74, 6) is 0.762. The number of nitrogens with one attached hydrogen (secondary N) is 1. The van der Waals surface area contributed by atoms with Crippen molar-refractivity contribution in [3.05, 3.63) is 26.7 Å². The smallest absolute Gasteiger partial charge is 0.207 e. The van der Waals surface area contributed by atoms with Gasteiger partial charge in [0.1, 0.15) is 5.75 Å². The lowest BCUT2D eigenvalue weighted by Crippen LogP contribution is -2.15. The van der Waals surface area contributed by atoms with Gasteiger partial charge in [-0.1, -0.05) is 27.5 Å². The van der Waals surface area contributed by atoms with Crippen LogP contribution in [-0.4, -0.2) is 25.7 Å². The molecule has 0 aliphatic carbocycles. The number of amides is 1. The minimum Gasteiger partial charge on any atom is -0.491 e. The largest absolute Gasteiger partial charge is 0.491 e. The summed E-state index contributed by atoms with van der Waals surface area (Å²) >= 11 is 9.57. The minimum atomic E-state index is 0.0417. The lowest BCUT2D eigenvalue weighted by atomic mass is 10.1. The zero-order chi connectivity index (χ0) is 16.0. The fourth-order valence-corrected chi connectivity index (χ4v) is 2.57. The van der Waals surface area contributed by atoms with Gasteiger partial charge in [0, 0.05) is 30.1 Å². The van der Waals surface area contributed by atoms with Crippen molar-refractivity contribution in [2.45, 2.75) is 39.3 Å². The van der Waals surface area contributed by atoms with Crippen molar-refractivity contribution in [1.29, 1.82) is 0 Å². The van der Waals surface area contributed by atoms with Crippen molar-refractivity contribution in [3.8, 4) is 5.75 Å². The van der Waals surface area contributed by atoms with E-state index in [0.29, 0.717) is 24.6 Å². The molecular weight excluding hydrogens is 358 g/mol. The third-order valence-electron chi connectivity index (χ3n) is 2.93. The fraction of sp³-hybridized carbons (Fsp3) is 0.533. The number of fused-ring (bicyclic) bond motifs is 1. The topological polar surface area (TPSA) is 47.6 Å². The number of carbonyl (C=O) groups excluding carboxylic acids is 1. The molecule has 0 spiro atoms. The van der Waals surface area contributed by atoms with Gasteiger partial charge in [-0.2, -0.15) is 0 Å². The van der Waals surface area contributed by atoms with E-state index in [0.717, 1.165) is 27.8 Å². The Hall–Kier alpha value is -0.780. The Morgan fingerprint density at radius 2 is 2.14 bits per heavy atom. The van der Waals surface area contributed by atoms with Crippen LogP contribution in [0.15, 0.2) is 10.5 Å². The molecule has 0 radical (unpaired) electrons. The molecular formula is C15H21BrClNO3. The maximum absolute atomic E-state index is 10.2. The first-order valence-electron chi connectivity index (χ1n) is 6.65. The van der Waals surface area contributed by atoms with E-state index in [1.165, 1.54) is 0 Å². The second-order valence-electron chi connectivity index (χ2n) is 5.55. The Balaban J connectivity index is 0.000000315. The molecule has 6 heteroatoms. The molecule has 1 aromatic rings. The quantitative estimate of drug-likeness (QED) is 0.816. The molecule has 4 nitrogen and oxygen atoms in total. The number of hydrogen-bond acceptors (Lipinski definition) is 3. The summed E-state index contributed by atoms with van der Waals surface area (Å²) in [6.07, 6.45) is 1.52. The van der Waals surface area contributed by atoms with Gasteiger partial charge in [0.15, 0.2) is 0 Å². The zero-order valence-electron chi connectivity index (χ0n) is 12.8. The van der Waals surface area contributed by atoms with E-state index in [1.807, 2.05) is 26.8 Å². The van der Waals surface area contributed by atoms with Crippen LogP contribution >= 0.6 is 27.5 Å². The summed E-state index contributed by atoms with van der Waals surface area (Å²) in [5, 5.41) is 3.22. The molecule has 1 N–H and O–H groups in total. The van der Waals surface area contributed by atoms with E-state index < -0.39 is 0 Å². The van der Waals surface area contributed by atoms with E-state index in [2.05, 4.69) is 21.2 Å². The minimum absolute atomic E-state index is 0.0417. The second kappa shape index (κ2) is 8.01. The van der Waals surface area contributed by atoms with Gasteiger partial charge in [0.25, 0.3) is 0 Å². The summed E-state index contributed by atoms with van der Waals surface area (Å²) in [6.45, 7) is 7.20. The van der Waals surface area contributed by atoms with E-state index >= 15 is 0 Å². The first-order valence-corrected chi connectivity index (χ1v) is 7.82. The molecule has 1 aromatic carbocycles. The number of rotatable bonds is 3. The maximum atomic E-state index is 10.2. The lowest BCUT2D eigenvalue weighted by molar-refractivity contribution is -0.109. The van der Waals surface area contributed by atoms with Gasteiger partial charge in [-0.05, 0) is 32.4 Å². The van der Waals surface area contributed by atoms with Crippen LogP contribution < -0.4 is 10.1 Å². The van der Waals surface area contributed by atoms with Gasteiger partial charge in [-0.15, -0.1) is 0 Å². The predicted molar refractivity (Wildman–Crippen MR) is 88.0 cm³/mol. The van der Waals surface area contributed by atoms with E-state index in [1.54, 1.807) is 7.11 Å². The summed E-state index contributed by atoms with van der Waals surface area (Å²) in [5.41, 5.74) is 2.10. The molecule has 0 unspecified atom stereocenters. The second-order valence-corrected chi connectivity index (χ2v) is 6.75.